The van der Waals surface area contributed by atoms with Gasteiger partial charge < -0.3 is 0 Å². The Kier molecular flexibility index (Phi) is 6.56. The zero-order valence-corrected chi connectivity index (χ0v) is 14.3. The first kappa shape index (κ1) is 17.0. The lowest BCUT2D eigenvalue weighted by Gasteiger charge is -2.03. The highest BCUT2D eigenvalue weighted by molar-refractivity contribution is 5.63. The molecule has 3 rings (SSSR count). The van der Waals surface area contributed by atoms with Gasteiger partial charge in [0.15, 0.2) is 0 Å². The molecule has 23 heavy (non-hydrogen) atoms. The van der Waals surface area contributed by atoms with Gasteiger partial charge in [-0.25, -0.2) is 0 Å². The monoisotopic (exact) mass is 303 g/mol. The Morgan fingerprint density at radius 2 is 1.30 bits per heavy atom. The van der Waals surface area contributed by atoms with Crippen molar-refractivity contribution in [3.63, 3.8) is 0 Å². The first-order valence-corrected chi connectivity index (χ1v) is 8.28. The number of benzene rings is 2. The molecule has 0 atom stereocenters. The van der Waals surface area contributed by atoms with Gasteiger partial charge in [-0.05, 0) is 48.6 Å². The van der Waals surface area contributed by atoms with Crippen LogP contribution in [0.1, 0.15) is 30.7 Å². The second-order valence-corrected chi connectivity index (χ2v) is 5.59. The Morgan fingerprint density at radius 1 is 0.696 bits per heavy atom. The van der Waals surface area contributed by atoms with E-state index in [1.165, 1.54) is 22.3 Å². The van der Waals surface area contributed by atoms with E-state index in [1.54, 1.807) is 0 Å². The Balaban J connectivity index is 0.000000203. The van der Waals surface area contributed by atoms with E-state index in [0.29, 0.717) is 0 Å². The number of aryl methyl sites for hydroxylation is 3. The van der Waals surface area contributed by atoms with E-state index in [4.69, 9.17) is 0 Å². The zero-order chi connectivity index (χ0) is 16.5. The molecule has 0 aliphatic rings. The van der Waals surface area contributed by atoms with Crippen LogP contribution in [0.15, 0.2) is 72.9 Å². The van der Waals surface area contributed by atoms with Crippen LogP contribution in [0.4, 0.5) is 0 Å². The van der Waals surface area contributed by atoms with Crippen molar-refractivity contribution < 1.29 is 0 Å². The predicted octanol–water partition coefficient (Wildman–Crippen LogP) is 5.87. The van der Waals surface area contributed by atoms with Gasteiger partial charge in [-0.3, -0.25) is 4.98 Å². The molecular weight excluding hydrogens is 278 g/mol. The second-order valence-electron chi connectivity index (χ2n) is 5.59. The largest absolute Gasteiger partial charge is 0.261 e. The van der Waals surface area contributed by atoms with Gasteiger partial charge in [0, 0.05) is 11.9 Å². The molecule has 0 unspecified atom stereocenters. The predicted molar refractivity (Wildman–Crippen MR) is 99.6 cm³/mol. The van der Waals surface area contributed by atoms with Crippen molar-refractivity contribution in [1.29, 1.82) is 0 Å². The molecule has 0 saturated carbocycles. The Bertz CT molecular complexity index is 682. The summed E-state index contributed by atoms with van der Waals surface area (Å²) in [5.41, 5.74) is 6.46. The number of hydrogen-bond donors (Lipinski definition) is 0. The lowest BCUT2D eigenvalue weighted by molar-refractivity contribution is 1.04. The van der Waals surface area contributed by atoms with Gasteiger partial charge in [-0.15, -0.1) is 0 Å². The lowest BCUT2D eigenvalue weighted by Crippen LogP contribution is -1.81. The van der Waals surface area contributed by atoms with Crippen LogP contribution in [0.25, 0.3) is 11.1 Å². The molecule has 0 radical (unpaired) electrons. The van der Waals surface area contributed by atoms with Crippen LogP contribution >= 0.6 is 0 Å². The number of pyridine rings is 1. The van der Waals surface area contributed by atoms with Crippen molar-refractivity contribution in [3.05, 3.63) is 89.7 Å². The minimum absolute atomic E-state index is 1.03. The molecule has 3 aromatic rings. The molecule has 0 saturated heterocycles. The van der Waals surface area contributed by atoms with E-state index in [9.17, 15) is 0 Å². The Hall–Kier alpha value is -2.41. The fourth-order valence-electron chi connectivity index (χ4n) is 2.29. The molecule has 0 amide bonds. The molecule has 1 nitrogen and oxygen atoms in total. The van der Waals surface area contributed by atoms with E-state index >= 15 is 0 Å². The highest BCUT2D eigenvalue weighted by Crippen LogP contribution is 2.20. The highest BCUT2D eigenvalue weighted by Gasteiger charge is 1.96. The molecule has 1 heteroatoms. The summed E-state index contributed by atoms with van der Waals surface area (Å²) in [4.78, 5) is 4.10. The summed E-state index contributed by atoms with van der Waals surface area (Å²) in [5, 5.41) is 0. The first-order valence-electron chi connectivity index (χ1n) is 8.28. The van der Waals surface area contributed by atoms with Gasteiger partial charge >= 0.3 is 0 Å². The number of hydrogen-bond acceptors (Lipinski definition) is 1. The van der Waals surface area contributed by atoms with Crippen LogP contribution in [-0.4, -0.2) is 4.98 Å². The van der Waals surface area contributed by atoms with Gasteiger partial charge in [0.05, 0.1) is 0 Å². The molecule has 0 spiro atoms. The van der Waals surface area contributed by atoms with Crippen molar-refractivity contribution in [2.45, 2.75) is 33.6 Å². The maximum absolute atomic E-state index is 4.10. The normalized spacial score (nSPS) is 9.87. The van der Waals surface area contributed by atoms with E-state index in [2.05, 4.69) is 74.3 Å². The minimum atomic E-state index is 1.03. The van der Waals surface area contributed by atoms with Crippen LogP contribution in [0, 0.1) is 6.92 Å². The summed E-state index contributed by atoms with van der Waals surface area (Å²) >= 11 is 0. The van der Waals surface area contributed by atoms with Crippen molar-refractivity contribution >= 4 is 0 Å². The van der Waals surface area contributed by atoms with Gasteiger partial charge in [-0.2, -0.15) is 0 Å². The molecule has 0 fully saturated rings. The second kappa shape index (κ2) is 8.89. The van der Waals surface area contributed by atoms with Gasteiger partial charge in [0.2, 0.25) is 0 Å². The average Bonchev–Trinajstić information content (AvgIpc) is 2.64. The molecule has 0 aliphatic carbocycles. The third-order valence-electron chi connectivity index (χ3n) is 3.84. The van der Waals surface area contributed by atoms with Crippen molar-refractivity contribution in [1.82, 2.24) is 4.98 Å². The fraction of sp³-hybridized carbons (Fsp3) is 0.227. The summed E-state index contributed by atoms with van der Waals surface area (Å²) in [5.74, 6) is 0. The lowest BCUT2D eigenvalue weighted by atomic mass is 10.0. The quantitative estimate of drug-likeness (QED) is 0.590. The fourth-order valence-corrected chi connectivity index (χ4v) is 2.29. The molecule has 0 bridgehead atoms. The third-order valence-corrected chi connectivity index (χ3v) is 3.84. The van der Waals surface area contributed by atoms with Crippen LogP contribution in [0.2, 0.25) is 0 Å². The molecule has 1 heterocycles. The van der Waals surface area contributed by atoms with E-state index in [-0.39, 0.29) is 0 Å². The molecular formula is C22H25N. The molecule has 2 aromatic carbocycles. The summed E-state index contributed by atoms with van der Waals surface area (Å²) in [7, 11) is 0. The summed E-state index contributed by atoms with van der Waals surface area (Å²) in [6, 6.07) is 23.4. The first-order chi connectivity index (χ1) is 11.2. The van der Waals surface area contributed by atoms with Gasteiger partial charge in [0.25, 0.3) is 0 Å². The van der Waals surface area contributed by atoms with Crippen LogP contribution < -0.4 is 0 Å². The van der Waals surface area contributed by atoms with E-state index < -0.39 is 0 Å². The van der Waals surface area contributed by atoms with Crippen LogP contribution in [0.3, 0.4) is 0 Å². The van der Waals surface area contributed by atoms with Gasteiger partial charge in [-0.1, -0.05) is 74.0 Å². The third kappa shape index (κ3) is 5.37. The minimum Gasteiger partial charge on any atom is -0.261 e. The Morgan fingerprint density at radius 3 is 1.74 bits per heavy atom. The zero-order valence-electron chi connectivity index (χ0n) is 14.3. The molecule has 0 aliphatic heterocycles. The average molecular weight is 303 g/mol. The Labute approximate surface area is 140 Å². The van der Waals surface area contributed by atoms with Crippen LogP contribution in [0.5, 0.6) is 0 Å². The van der Waals surface area contributed by atoms with Crippen LogP contribution in [-0.2, 0) is 12.8 Å². The maximum atomic E-state index is 4.10. The van der Waals surface area contributed by atoms with Crippen molar-refractivity contribution in [3.8, 4) is 11.1 Å². The SMILES string of the molecule is CCc1ccc(-c2ccc(C)cc2)cc1.CCc1ccccn1. The summed E-state index contributed by atoms with van der Waals surface area (Å²) in [6.45, 7) is 6.40. The standard InChI is InChI=1S/C15H16.C7H9N/c1-3-13-6-10-15(11-7-13)14-8-4-12(2)5-9-14;1-2-7-5-3-4-6-8-7/h4-11H,3H2,1-2H3;3-6H,2H2,1H3. The molecule has 118 valence electrons. The smallest absolute Gasteiger partial charge is 0.0400 e. The number of nitrogens with zero attached hydrogens (tertiary/aromatic N) is 1. The van der Waals surface area contributed by atoms with Crippen molar-refractivity contribution in [2.75, 3.05) is 0 Å². The topological polar surface area (TPSA) is 12.9 Å². The number of aromatic nitrogens is 1. The van der Waals surface area contributed by atoms with E-state index in [1.807, 2.05) is 24.4 Å². The summed E-state index contributed by atoms with van der Waals surface area (Å²) in [6.07, 6.45) is 3.95. The molecule has 1 aromatic heterocycles. The molecule has 0 N–H and O–H groups in total. The van der Waals surface area contributed by atoms with Gasteiger partial charge in [0.1, 0.15) is 0 Å². The van der Waals surface area contributed by atoms with E-state index in [0.717, 1.165) is 18.5 Å². The van der Waals surface area contributed by atoms with Crippen molar-refractivity contribution in [2.24, 2.45) is 0 Å². The maximum Gasteiger partial charge on any atom is 0.0400 e. The summed E-state index contributed by atoms with van der Waals surface area (Å²) < 4.78 is 0. The number of rotatable bonds is 3. The highest BCUT2D eigenvalue weighted by atomic mass is 14.6.